The molecule has 3 aliphatic rings. The van der Waals surface area contributed by atoms with E-state index in [0.29, 0.717) is 42.0 Å². The van der Waals surface area contributed by atoms with Gasteiger partial charge in [-0.2, -0.15) is 0 Å². The molecule has 3 unspecified atom stereocenters. The first-order valence-electron chi connectivity index (χ1n) is 19.9. The van der Waals surface area contributed by atoms with Gasteiger partial charge in [-0.15, -0.1) is 11.8 Å². The van der Waals surface area contributed by atoms with E-state index < -0.39 is 43.3 Å². The third kappa shape index (κ3) is 10.7. The van der Waals surface area contributed by atoms with Crippen molar-refractivity contribution in [3.63, 3.8) is 0 Å². The number of sulfonamides is 1. The second-order valence-electron chi connectivity index (χ2n) is 15.2. The molecule has 2 aliphatic heterocycles. The van der Waals surface area contributed by atoms with Crippen molar-refractivity contribution in [2.45, 2.75) is 41.4 Å². The Morgan fingerprint density at radius 2 is 1.67 bits per heavy atom. The summed E-state index contributed by atoms with van der Waals surface area (Å²) in [6.45, 7) is 5.61. The van der Waals surface area contributed by atoms with Crippen LogP contribution in [0.1, 0.15) is 22.3 Å². The van der Waals surface area contributed by atoms with Crippen LogP contribution in [-0.4, -0.2) is 106 Å². The SMILES string of the molecule is NS(=O)(=O)C1=CC([N+](=O)[O-])C(N[C@H](CCN2CCOCC2)CSc2ccc(Cl)cc2)(C(=O)c2ccc(N3CCNCC3Cc3ccccc3-c3ccc(Cl)cc3)cc2)C=C1. The van der Waals surface area contributed by atoms with Crippen molar-refractivity contribution in [3.05, 3.63) is 151 Å². The fourth-order valence-electron chi connectivity index (χ4n) is 8.10. The number of morpholine rings is 1. The number of rotatable bonds is 16. The number of nitrogens with zero attached hydrogens (tertiary/aromatic N) is 3. The third-order valence-corrected chi connectivity index (χ3v) is 13.9. The molecule has 60 heavy (non-hydrogen) atoms. The molecule has 2 saturated heterocycles. The number of allylic oxidation sites excluding steroid dienone is 1. The number of ether oxygens (including phenoxy) is 1. The van der Waals surface area contributed by atoms with Crippen molar-refractivity contribution in [3.8, 4) is 11.1 Å². The van der Waals surface area contributed by atoms with Gasteiger partial charge < -0.3 is 15.0 Å². The van der Waals surface area contributed by atoms with E-state index in [4.69, 9.17) is 33.1 Å². The topological polar surface area (TPSA) is 160 Å². The van der Waals surface area contributed by atoms with Gasteiger partial charge in [0.15, 0.2) is 11.3 Å². The van der Waals surface area contributed by atoms with Crippen molar-refractivity contribution >= 4 is 56.5 Å². The van der Waals surface area contributed by atoms with Crippen molar-refractivity contribution in [1.82, 2.24) is 15.5 Å². The molecular formula is C44H48Cl2N6O6S2. The summed E-state index contributed by atoms with van der Waals surface area (Å²) < 4.78 is 30.6. The number of nitrogens with two attached hydrogens (primary N) is 1. The lowest BCUT2D eigenvalue weighted by Gasteiger charge is -2.39. The number of Topliss-reactive ketones (excluding diaryl/α,β-unsaturated/α-hetero) is 1. The number of nitrogens with one attached hydrogen (secondary N) is 2. The average Bonchev–Trinajstić information content (AvgIpc) is 3.25. The Labute approximate surface area is 365 Å². The third-order valence-electron chi connectivity index (χ3n) is 11.3. The number of piperazine rings is 1. The van der Waals surface area contributed by atoms with E-state index >= 15 is 4.79 Å². The van der Waals surface area contributed by atoms with Crippen LogP contribution in [0.5, 0.6) is 0 Å². The predicted octanol–water partition coefficient (Wildman–Crippen LogP) is 6.46. The number of nitro groups is 1. The molecule has 12 nitrogen and oxygen atoms in total. The first kappa shape index (κ1) is 44.0. The summed E-state index contributed by atoms with van der Waals surface area (Å²) in [7, 11) is -4.32. The van der Waals surface area contributed by atoms with Gasteiger partial charge in [0.2, 0.25) is 10.0 Å². The molecule has 4 N–H and O–H groups in total. The van der Waals surface area contributed by atoms with E-state index in [1.165, 1.54) is 29.5 Å². The van der Waals surface area contributed by atoms with Gasteiger partial charge in [-0.25, -0.2) is 13.6 Å². The lowest BCUT2D eigenvalue weighted by Crippen LogP contribution is -2.65. The average molecular weight is 892 g/mol. The van der Waals surface area contributed by atoms with Gasteiger partial charge in [-0.05, 0) is 109 Å². The summed E-state index contributed by atoms with van der Waals surface area (Å²) in [6.07, 6.45) is 4.80. The van der Waals surface area contributed by atoms with Crippen molar-refractivity contribution in [2.24, 2.45) is 5.14 Å². The lowest BCUT2D eigenvalue weighted by atomic mass is 9.79. The van der Waals surface area contributed by atoms with E-state index in [0.717, 1.165) is 66.9 Å². The Kier molecular flexibility index (Phi) is 14.5. The monoisotopic (exact) mass is 890 g/mol. The molecule has 16 heteroatoms. The Balaban J connectivity index is 1.18. The minimum Gasteiger partial charge on any atom is -0.379 e. The minimum absolute atomic E-state index is 0.0917. The largest absolute Gasteiger partial charge is 0.379 e. The predicted molar refractivity (Wildman–Crippen MR) is 240 cm³/mol. The zero-order chi connectivity index (χ0) is 42.3. The summed E-state index contributed by atoms with van der Waals surface area (Å²) in [5, 5.41) is 26.7. The van der Waals surface area contributed by atoms with Crippen LogP contribution >= 0.6 is 35.0 Å². The molecule has 4 aromatic carbocycles. The second-order valence-corrected chi connectivity index (χ2v) is 18.7. The summed E-state index contributed by atoms with van der Waals surface area (Å²) in [4.78, 5) is 32.5. The molecule has 0 spiro atoms. The van der Waals surface area contributed by atoms with E-state index in [-0.39, 0.29) is 11.6 Å². The Bertz CT molecular complexity index is 2310. The molecule has 0 saturated carbocycles. The zero-order valence-electron chi connectivity index (χ0n) is 32.9. The quantitative estimate of drug-likeness (QED) is 0.0491. The maximum atomic E-state index is 15.0. The van der Waals surface area contributed by atoms with E-state index in [2.05, 4.69) is 32.6 Å². The fraction of sp³-hybridized carbons (Fsp3) is 0.341. The van der Waals surface area contributed by atoms with Crippen molar-refractivity contribution in [2.75, 3.05) is 63.1 Å². The highest BCUT2D eigenvalue weighted by atomic mass is 35.5. The number of halogens is 2. The zero-order valence-corrected chi connectivity index (χ0v) is 36.1. The molecular weight excluding hydrogens is 844 g/mol. The lowest BCUT2D eigenvalue weighted by molar-refractivity contribution is -0.516. The van der Waals surface area contributed by atoms with E-state index in [1.54, 1.807) is 24.3 Å². The number of thioether (sulfide) groups is 1. The summed E-state index contributed by atoms with van der Waals surface area (Å²) in [5.41, 5.74) is 2.61. The van der Waals surface area contributed by atoms with Crippen LogP contribution in [0.3, 0.4) is 0 Å². The molecule has 7 rings (SSSR count). The van der Waals surface area contributed by atoms with Crippen molar-refractivity contribution in [1.29, 1.82) is 0 Å². The van der Waals surface area contributed by atoms with Crippen LogP contribution in [0, 0.1) is 10.1 Å². The number of carbonyl (C=O) groups excluding carboxylic acids is 1. The molecule has 2 heterocycles. The molecule has 0 radical (unpaired) electrons. The normalized spacial score (nSPS) is 21.6. The van der Waals surface area contributed by atoms with Gasteiger partial charge in [0.05, 0.1) is 18.1 Å². The van der Waals surface area contributed by atoms with Gasteiger partial charge >= 0.3 is 0 Å². The van der Waals surface area contributed by atoms with Gasteiger partial charge in [-0.1, -0.05) is 59.6 Å². The van der Waals surface area contributed by atoms with E-state index in [9.17, 15) is 18.5 Å². The van der Waals surface area contributed by atoms with Crippen LogP contribution in [0.15, 0.2) is 125 Å². The first-order valence-corrected chi connectivity index (χ1v) is 23.2. The maximum Gasteiger partial charge on any atom is 0.261 e. The maximum absolute atomic E-state index is 15.0. The number of anilines is 1. The molecule has 2 fully saturated rings. The highest BCUT2D eigenvalue weighted by Gasteiger charge is 2.53. The number of hydrogen-bond donors (Lipinski definition) is 3. The summed E-state index contributed by atoms with van der Waals surface area (Å²) >= 11 is 13.9. The van der Waals surface area contributed by atoms with Crippen LogP contribution in [0.4, 0.5) is 5.69 Å². The number of benzene rings is 4. The van der Waals surface area contributed by atoms with Gasteiger partial charge in [0.1, 0.15) is 0 Å². The van der Waals surface area contributed by atoms with Gasteiger partial charge in [0, 0.05) is 87.8 Å². The van der Waals surface area contributed by atoms with Crippen LogP contribution in [0.25, 0.3) is 11.1 Å². The first-order chi connectivity index (χ1) is 28.9. The molecule has 316 valence electrons. The van der Waals surface area contributed by atoms with Gasteiger partial charge in [0.25, 0.3) is 6.04 Å². The smallest absolute Gasteiger partial charge is 0.261 e. The van der Waals surface area contributed by atoms with Crippen LogP contribution in [0.2, 0.25) is 10.0 Å². The molecule has 4 aromatic rings. The Hall–Kier alpha value is -4.09. The molecule has 0 amide bonds. The number of ketones is 1. The summed E-state index contributed by atoms with van der Waals surface area (Å²) in [5.74, 6) is -0.103. The highest BCUT2D eigenvalue weighted by Crippen LogP contribution is 2.34. The molecule has 4 atom stereocenters. The summed E-state index contributed by atoms with van der Waals surface area (Å²) in [6, 6.07) is 28.6. The molecule has 1 aliphatic carbocycles. The molecule has 0 bridgehead atoms. The van der Waals surface area contributed by atoms with Crippen LogP contribution in [-0.2, 0) is 21.2 Å². The number of carbonyl (C=O) groups is 1. The number of primary sulfonamides is 1. The highest BCUT2D eigenvalue weighted by molar-refractivity contribution is 7.99. The van der Waals surface area contributed by atoms with E-state index in [1.807, 2.05) is 60.7 Å². The Morgan fingerprint density at radius 3 is 2.35 bits per heavy atom. The standard InChI is InChI=1S/C44H48Cl2N6O6S2/c45-34-9-5-31(6-10-34)41-4-2-1-3-33(41)27-38-29-48-20-22-51(38)37-13-7-32(8-14-37)43(53)44(19-17-40(60(47,56)57)28-42(44)52(54)55)49-36(18-21-50-23-25-58-26-24-50)30-59-39-15-11-35(46)12-16-39/h1-17,19,28,36,38,42,48-49H,18,20-27,29-30H2,(H2,47,56,57)/t36-,38?,42?,44?/m1/s1. The Morgan fingerprint density at radius 1 is 0.983 bits per heavy atom. The fourth-order valence-corrected chi connectivity index (χ4v) is 9.90. The minimum atomic E-state index is -4.32. The second kappa shape index (κ2) is 19.7. The van der Waals surface area contributed by atoms with Crippen LogP contribution < -0.4 is 20.7 Å². The van der Waals surface area contributed by atoms with Crippen molar-refractivity contribution < 1.29 is 22.9 Å². The van der Waals surface area contributed by atoms with Gasteiger partial charge in [-0.3, -0.25) is 25.1 Å². The number of hydrogen-bond acceptors (Lipinski definition) is 11. The molecule has 0 aromatic heterocycles.